The summed E-state index contributed by atoms with van der Waals surface area (Å²) in [4.78, 5) is 20.0. The van der Waals surface area contributed by atoms with Crippen molar-refractivity contribution in [3.05, 3.63) is 29.3 Å². The molecule has 32 heavy (non-hydrogen) atoms. The summed E-state index contributed by atoms with van der Waals surface area (Å²) in [5.41, 5.74) is 2.48. The van der Waals surface area contributed by atoms with E-state index in [1.807, 2.05) is 17.0 Å². The molecule has 3 aliphatic heterocycles. The molecule has 4 aliphatic rings. The van der Waals surface area contributed by atoms with Crippen molar-refractivity contribution in [2.24, 2.45) is 0 Å². The van der Waals surface area contributed by atoms with Crippen molar-refractivity contribution < 1.29 is 13.2 Å². The Labute approximate surface area is 192 Å². The molecule has 3 fully saturated rings. The number of likely N-dealkylation sites (tertiary alicyclic amines) is 2. The molecule has 0 spiro atoms. The maximum Gasteiger partial charge on any atom is 0.243 e. The predicted molar refractivity (Wildman–Crippen MR) is 124 cm³/mol. The highest BCUT2D eigenvalue weighted by atomic mass is 32.2. The number of piperazine rings is 1. The van der Waals surface area contributed by atoms with Gasteiger partial charge in [-0.3, -0.25) is 14.6 Å². The second kappa shape index (κ2) is 9.41. The molecule has 0 aromatic heterocycles. The van der Waals surface area contributed by atoms with E-state index in [-0.39, 0.29) is 5.91 Å². The zero-order valence-corrected chi connectivity index (χ0v) is 19.9. The van der Waals surface area contributed by atoms with Crippen molar-refractivity contribution in [3.63, 3.8) is 0 Å². The second-order valence-corrected chi connectivity index (χ2v) is 11.8. The molecule has 3 saturated heterocycles. The van der Waals surface area contributed by atoms with E-state index in [1.165, 1.54) is 43.5 Å². The van der Waals surface area contributed by atoms with Crippen LogP contribution in [0.2, 0.25) is 0 Å². The summed E-state index contributed by atoms with van der Waals surface area (Å²) in [6.07, 6.45) is 8.09. The smallest absolute Gasteiger partial charge is 0.243 e. The Balaban J connectivity index is 1.14. The van der Waals surface area contributed by atoms with Gasteiger partial charge in [0.25, 0.3) is 0 Å². The maximum atomic E-state index is 13.2. The fraction of sp³-hybridized carbons (Fsp3) is 0.708. The summed E-state index contributed by atoms with van der Waals surface area (Å²) in [5.74, 6) is 0.137. The lowest BCUT2D eigenvalue weighted by atomic mass is 9.92. The number of carbonyl (C=O) groups is 1. The third-order valence-electron chi connectivity index (χ3n) is 7.81. The van der Waals surface area contributed by atoms with E-state index in [4.69, 9.17) is 0 Å². The standard InChI is InChI=1S/C24H36N4O3S/c29-24(19-25-12-9-22(18-25)26-10-3-4-11-26)27-13-15-28(16-14-27)32(30,31)23-8-7-20-5-1-2-6-21(20)17-23/h7-8,17,22H,1-6,9-16,18-19H2. The molecule has 1 unspecified atom stereocenters. The lowest BCUT2D eigenvalue weighted by Gasteiger charge is -2.35. The lowest BCUT2D eigenvalue weighted by molar-refractivity contribution is -0.133. The van der Waals surface area contributed by atoms with Crippen LogP contribution in [0.1, 0.15) is 43.2 Å². The number of sulfonamides is 1. The molecule has 0 saturated carbocycles. The summed E-state index contributed by atoms with van der Waals surface area (Å²) in [6, 6.07) is 6.24. The van der Waals surface area contributed by atoms with E-state index in [9.17, 15) is 13.2 Å². The Hall–Kier alpha value is -1.48. The van der Waals surface area contributed by atoms with Crippen molar-refractivity contribution in [3.8, 4) is 0 Å². The third kappa shape index (κ3) is 4.60. The first-order valence-electron chi connectivity index (χ1n) is 12.4. The van der Waals surface area contributed by atoms with Gasteiger partial charge in [-0.25, -0.2) is 8.42 Å². The Morgan fingerprint density at radius 2 is 1.59 bits per heavy atom. The molecular formula is C24H36N4O3S. The van der Waals surface area contributed by atoms with Gasteiger partial charge in [0.05, 0.1) is 11.4 Å². The summed E-state index contributed by atoms with van der Waals surface area (Å²) >= 11 is 0. The Morgan fingerprint density at radius 3 is 2.34 bits per heavy atom. The molecule has 0 N–H and O–H groups in total. The van der Waals surface area contributed by atoms with E-state index in [0.29, 0.717) is 43.7 Å². The average Bonchev–Trinajstić information content (AvgIpc) is 3.51. The van der Waals surface area contributed by atoms with E-state index in [1.54, 1.807) is 10.4 Å². The Morgan fingerprint density at radius 1 is 0.875 bits per heavy atom. The number of amides is 1. The number of hydrogen-bond donors (Lipinski definition) is 0. The van der Waals surface area contributed by atoms with E-state index in [2.05, 4.69) is 9.80 Å². The van der Waals surface area contributed by atoms with Crippen LogP contribution < -0.4 is 0 Å². The topological polar surface area (TPSA) is 64.2 Å². The first-order chi connectivity index (χ1) is 15.5. The highest BCUT2D eigenvalue weighted by molar-refractivity contribution is 7.89. The largest absolute Gasteiger partial charge is 0.339 e. The molecular weight excluding hydrogens is 424 g/mol. The van der Waals surface area contributed by atoms with E-state index in [0.717, 1.165) is 38.8 Å². The number of hydrogen-bond acceptors (Lipinski definition) is 5. The van der Waals surface area contributed by atoms with Gasteiger partial charge in [-0.15, -0.1) is 0 Å². The molecule has 1 aliphatic carbocycles. The number of carbonyl (C=O) groups excluding carboxylic acids is 1. The molecule has 0 radical (unpaired) electrons. The van der Waals surface area contributed by atoms with Crippen molar-refractivity contribution >= 4 is 15.9 Å². The molecule has 7 nitrogen and oxygen atoms in total. The normalized spacial score (nSPS) is 25.9. The molecule has 1 atom stereocenters. The van der Waals surface area contributed by atoms with Gasteiger partial charge in [-0.1, -0.05) is 6.07 Å². The fourth-order valence-corrected chi connectivity index (χ4v) is 7.32. The summed E-state index contributed by atoms with van der Waals surface area (Å²) in [5, 5.41) is 0. The lowest BCUT2D eigenvalue weighted by Crippen LogP contribution is -2.52. The van der Waals surface area contributed by atoms with Gasteiger partial charge < -0.3 is 4.90 Å². The minimum absolute atomic E-state index is 0.137. The van der Waals surface area contributed by atoms with Crippen LogP contribution in [-0.2, 0) is 27.7 Å². The number of fused-ring (bicyclic) bond motifs is 1. The Bertz CT molecular complexity index is 937. The summed E-state index contributed by atoms with van der Waals surface area (Å²) < 4.78 is 28.0. The summed E-state index contributed by atoms with van der Waals surface area (Å²) in [7, 11) is -3.50. The highest BCUT2D eigenvalue weighted by Gasteiger charge is 2.33. The average molecular weight is 461 g/mol. The van der Waals surface area contributed by atoms with Gasteiger partial charge in [0, 0.05) is 45.3 Å². The van der Waals surface area contributed by atoms with Crippen LogP contribution >= 0.6 is 0 Å². The second-order valence-electron chi connectivity index (χ2n) is 9.84. The van der Waals surface area contributed by atoms with Gasteiger partial charge >= 0.3 is 0 Å². The zero-order valence-electron chi connectivity index (χ0n) is 19.0. The number of nitrogens with zero attached hydrogens (tertiary/aromatic N) is 4. The van der Waals surface area contributed by atoms with E-state index < -0.39 is 10.0 Å². The van der Waals surface area contributed by atoms with Gasteiger partial charge in [0.15, 0.2) is 0 Å². The molecule has 1 amide bonds. The van der Waals surface area contributed by atoms with Crippen LogP contribution in [-0.4, -0.2) is 98.3 Å². The van der Waals surface area contributed by atoms with Crippen LogP contribution in [0.3, 0.4) is 0 Å². The zero-order chi connectivity index (χ0) is 22.1. The molecule has 3 heterocycles. The fourth-order valence-electron chi connectivity index (χ4n) is 5.85. The van der Waals surface area contributed by atoms with Gasteiger partial charge in [-0.05, 0) is 81.3 Å². The first kappa shape index (κ1) is 22.3. The highest BCUT2D eigenvalue weighted by Crippen LogP contribution is 2.26. The van der Waals surface area contributed by atoms with Crippen molar-refractivity contribution in [1.29, 1.82) is 0 Å². The number of benzene rings is 1. The van der Waals surface area contributed by atoms with Crippen LogP contribution in [0.4, 0.5) is 0 Å². The summed E-state index contributed by atoms with van der Waals surface area (Å²) in [6.45, 7) is 6.54. The molecule has 8 heteroatoms. The van der Waals surface area contributed by atoms with E-state index >= 15 is 0 Å². The van der Waals surface area contributed by atoms with Gasteiger partial charge in [0.1, 0.15) is 0 Å². The Kier molecular flexibility index (Phi) is 6.56. The predicted octanol–water partition coefficient (Wildman–Crippen LogP) is 1.57. The van der Waals surface area contributed by atoms with Gasteiger partial charge in [0.2, 0.25) is 15.9 Å². The molecule has 176 valence electrons. The minimum Gasteiger partial charge on any atom is -0.339 e. The van der Waals surface area contributed by atoms with Crippen molar-refractivity contribution in [2.45, 2.75) is 55.9 Å². The minimum atomic E-state index is -3.50. The van der Waals surface area contributed by atoms with Crippen LogP contribution in [0.25, 0.3) is 0 Å². The maximum absolute atomic E-state index is 13.2. The first-order valence-corrected chi connectivity index (χ1v) is 13.8. The molecule has 1 aromatic carbocycles. The molecule has 5 rings (SSSR count). The van der Waals surface area contributed by atoms with Crippen molar-refractivity contribution in [1.82, 2.24) is 19.0 Å². The SMILES string of the molecule is O=C(CN1CCC(N2CCCC2)C1)N1CCN(S(=O)(=O)c2ccc3c(c2)CCCC3)CC1. The van der Waals surface area contributed by atoms with Crippen LogP contribution in [0, 0.1) is 0 Å². The third-order valence-corrected chi connectivity index (χ3v) is 9.71. The molecule has 1 aromatic rings. The molecule has 0 bridgehead atoms. The number of aryl methyl sites for hydroxylation is 2. The van der Waals surface area contributed by atoms with Crippen LogP contribution in [0.15, 0.2) is 23.1 Å². The monoisotopic (exact) mass is 460 g/mol. The quantitative estimate of drug-likeness (QED) is 0.668. The van der Waals surface area contributed by atoms with Crippen LogP contribution in [0.5, 0.6) is 0 Å². The van der Waals surface area contributed by atoms with Crippen molar-refractivity contribution in [2.75, 3.05) is 58.9 Å². The number of rotatable bonds is 5. The van der Waals surface area contributed by atoms with Gasteiger partial charge in [-0.2, -0.15) is 4.31 Å².